The zero-order chi connectivity index (χ0) is 27.8. The molecule has 0 fully saturated rings. The standard InChI is InChI=1S/C32H30N4O4/c1-20-8-4-6-10-24(20)30-28-25(34-32(38)35-17-15-21-9-5-7-11-26(21)35)14-16-33-29(28)31(37)36(30)19-22-12-13-23(39-2)18-27(22)40-3/h4-14,16,18,30H,15,17,19H2,1-3H3,(H,33,34,38). The minimum Gasteiger partial charge on any atom is -0.497 e. The summed E-state index contributed by atoms with van der Waals surface area (Å²) >= 11 is 0. The van der Waals surface area contributed by atoms with Crippen molar-refractivity contribution in [3.8, 4) is 11.5 Å². The van der Waals surface area contributed by atoms with Gasteiger partial charge in [-0.15, -0.1) is 0 Å². The zero-order valence-electron chi connectivity index (χ0n) is 22.7. The smallest absolute Gasteiger partial charge is 0.326 e. The van der Waals surface area contributed by atoms with Crippen LogP contribution in [0.3, 0.4) is 0 Å². The highest BCUT2D eigenvalue weighted by molar-refractivity contribution is 6.06. The number of methoxy groups -OCH3 is 2. The van der Waals surface area contributed by atoms with Gasteiger partial charge < -0.3 is 19.7 Å². The number of benzene rings is 3. The normalized spacial score (nSPS) is 15.6. The third kappa shape index (κ3) is 4.31. The second kappa shape index (κ2) is 10.4. The highest BCUT2D eigenvalue weighted by Gasteiger charge is 2.42. The van der Waals surface area contributed by atoms with Crippen molar-refractivity contribution in [2.75, 3.05) is 31.0 Å². The Labute approximate surface area is 233 Å². The molecule has 202 valence electrons. The monoisotopic (exact) mass is 534 g/mol. The van der Waals surface area contributed by atoms with Gasteiger partial charge in [-0.3, -0.25) is 14.7 Å². The zero-order valence-corrected chi connectivity index (χ0v) is 22.7. The van der Waals surface area contributed by atoms with Crippen LogP contribution in [-0.2, 0) is 13.0 Å². The van der Waals surface area contributed by atoms with Crippen LogP contribution in [0.4, 0.5) is 16.2 Å². The van der Waals surface area contributed by atoms with E-state index in [4.69, 9.17) is 9.47 Å². The van der Waals surface area contributed by atoms with Crippen LogP contribution in [0.25, 0.3) is 0 Å². The van der Waals surface area contributed by atoms with Crippen molar-refractivity contribution < 1.29 is 19.1 Å². The highest BCUT2D eigenvalue weighted by Crippen LogP contribution is 2.44. The van der Waals surface area contributed by atoms with Crippen LogP contribution in [0.2, 0.25) is 0 Å². The van der Waals surface area contributed by atoms with Crippen LogP contribution in [0, 0.1) is 6.92 Å². The molecular formula is C32H30N4O4. The molecule has 3 heterocycles. The summed E-state index contributed by atoms with van der Waals surface area (Å²) in [5.74, 6) is 1.09. The summed E-state index contributed by atoms with van der Waals surface area (Å²) in [6.07, 6.45) is 2.39. The van der Waals surface area contributed by atoms with E-state index in [1.165, 1.54) is 0 Å². The number of carbonyl (C=O) groups excluding carboxylic acids is 2. The average molecular weight is 535 g/mol. The fraction of sp³-hybridized carbons (Fsp3) is 0.219. The predicted molar refractivity (Wildman–Crippen MR) is 153 cm³/mol. The number of nitrogens with zero attached hydrogens (tertiary/aromatic N) is 3. The van der Waals surface area contributed by atoms with Gasteiger partial charge in [0.05, 0.1) is 32.5 Å². The third-order valence-electron chi connectivity index (χ3n) is 7.73. The van der Waals surface area contributed by atoms with Gasteiger partial charge in [0, 0.05) is 35.6 Å². The number of ether oxygens (including phenoxy) is 2. The number of amides is 3. The van der Waals surface area contributed by atoms with Crippen molar-refractivity contribution in [2.45, 2.75) is 25.9 Å². The summed E-state index contributed by atoms with van der Waals surface area (Å²) < 4.78 is 11.0. The predicted octanol–water partition coefficient (Wildman–Crippen LogP) is 5.75. The largest absolute Gasteiger partial charge is 0.497 e. The number of para-hydroxylation sites is 1. The molecule has 1 unspecified atom stereocenters. The number of aromatic nitrogens is 1. The number of hydrogen-bond acceptors (Lipinski definition) is 5. The molecule has 3 aromatic carbocycles. The second-order valence-electron chi connectivity index (χ2n) is 9.95. The van der Waals surface area contributed by atoms with Crippen molar-refractivity contribution in [1.29, 1.82) is 0 Å². The van der Waals surface area contributed by atoms with Gasteiger partial charge in [-0.2, -0.15) is 0 Å². The molecule has 0 saturated carbocycles. The van der Waals surface area contributed by atoms with Crippen LogP contribution in [0.5, 0.6) is 11.5 Å². The minimum absolute atomic E-state index is 0.205. The topological polar surface area (TPSA) is 84.0 Å². The summed E-state index contributed by atoms with van der Waals surface area (Å²) in [5.41, 5.74) is 6.49. The van der Waals surface area contributed by atoms with E-state index in [-0.39, 0.29) is 18.5 Å². The SMILES string of the molecule is COc1ccc(CN2C(=O)c3nccc(NC(=O)N4CCc5ccccc54)c3C2c2ccccc2C)c(OC)c1. The average Bonchev–Trinajstić information content (AvgIpc) is 3.53. The highest BCUT2D eigenvalue weighted by atomic mass is 16.5. The minimum atomic E-state index is -0.453. The second-order valence-corrected chi connectivity index (χ2v) is 9.95. The number of urea groups is 1. The first-order chi connectivity index (χ1) is 19.5. The molecule has 6 rings (SSSR count). The van der Waals surface area contributed by atoms with E-state index in [9.17, 15) is 9.59 Å². The Hall–Kier alpha value is -4.85. The van der Waals surface area contributed by atoms with E-state index in [1.54, 1.807) is 36.3 Å². The Bertz CT molecular complexity index is 1620. The Morgan fingerprint density at radius 2 is 1.82 bits per heavy atom. The number of aryl methyl sites for hydroxylation is 1. The van der Waals surface area contributed by atoms with Crippen molar-refractivity contribution in [2.24, 2.45) is 0 Å². The molecule has 8 nitrogen and oxygen atoms in total. The number of hydrogen-bond donors (Lipinski definition) is 1. The molecule has 3 amide bonds. The quantitative estimate of drug-likeness (QED) is 0.341. The Kier molecular flexibility index (Phi) is 6.59. The first-order valence-corrected chi connectivity index (χ1v) is 13.2. The number of pyridine rings is 1. The molecular weight excluding hydrogens is 504 g/mol. The van der Waals surface area contributed by atoms with Crippen LogP contribution in [0.1, 0.15) is 44.3 Å². The lowest BCUT2D eigenvalue weighted by molar-refractivity contribution is 0.0730. The van der Waals surface area contributed by atoms with E-state index in [1.807, 2.05) is 73.7 Å². The van der Waals surface area contributed by atoms with Gasteiger partial charge >= 0.3 is 6.03 Å². The number of rotatable bonds is 6. The van der Waals surface area contributed by atoms with E-state index in [2.05, 4.69) is 10.3 Å². The molecule has 1 aromatic heterocycles. The summed E-state index contributed by atoms with van der Waals surface area (Å²) in [6, 6.07) is 22.6. The van der Waals surface area contributed by atoms with Gasteiger partial charge in [0.1, 0.15) is 17.2 Å². The van der Waals surface area contributed by atoms with Gasteiger partial charge in [0.2, 0.25) is 0 Å². The number of nitrogens with one attached hydrogen (secondary N) is 1. The van der Waals surface area contributed by atoms with Gasteiger partial charge in [0.15, 0.2) is 0 Å². The summed E-state index contributed by atoms with van der Waals surface area (Å²) in [6.45, 7) is 2.91. The molecule has 2 aliphatic heterocycles. The van der Waals surface area contributed by atoms with E-state index in [0.29, 0.717) is 35.0 Å². The lowest BCUT2D eigenvalue weighted by Crippen LogP contribution is -2.34. The van der Waals surface area contributed by atoms with Gasteiger partial charge in [-0.25, -0.2) is 4.79 Å². The Morgan fingerprint density at radius 3 is 2.62 bits per heavy atom. The molecule has 4 aromatic rings. The van der Waals surface area contributed by atoms with Crippen molar-refractivity contribution in [1.82, 2.24) is 9.88 Å². The fourth-order valence-electron chi connectivity index (χ4n) is 5.72. The third-order valence-corrected chi connectivity index (χ3v) is 7.73. The van der Waals surface area contributed by atoms with E-state index in [0.717, 1.165) is 34.4 Å². The molecule has 0 saturated heterocycles. The van der Waals surface area contributed by atoms with Crippen LogP contribution < -0.4 is 19.7 Å². The van der Waals surface area contributed by atoms with E-state index < -0.39 is 6.04 Å². The molecule has 0 spiro atoms. The van der Waals surface area contributed by atoms with Crippen LogP contribution in [0.15, 0.2) is 79.0 Å². The Morgan fingerprint density at radius 1 is 1.02 bits per heavy atom. The van der Waals surface area contributed by atoms with Crippen molar-refractivity contribution in [3.63, 3.8) is 0 Å². The van der Waals surface area contributed by atoms with Crippen LogP contribution >= 0.6 is 0 Å². The molecule has 1 atom stereocenters. The molecule has 0 radical (unpaired) electrons. The summed E-state index contributed by atoms with van der Waals surface area (Å²) in [4.78, 5) is 35.6. The van der Waals surface area contributed by atoms with Crippen molar-refractivity contribution >= 4 is 23.3 Å². The number of carbonyl (C=O) groups is 2. The van der Waals surface area contributed by atoms with Gasteiger partial charge in [0.25, 0.3) is 5.91 Å². The molecule has 0 bridgehead atoms. The van der Waals surface area contributed by atoms with Crippen molar-refractivity contribution in [3.05, 3.63) is 113 Å². The first kappa shape index (κ1) is 25.4. The number of fused-ring (bicyclic) bond motifs is 2. The molecule has 0 aliphatic carbocycles. The summed E-state index contributed by atoms with van der Waals surface area (Å²) in [5, 5.41) is 3.11. The molecule has 1 N–H and O–H groups in total. The Balaban J connectivity index is 1.41. The molecule has 40 heavy (non-hydrogen) atoms. The van der Waals surface area contributed by atoms with Gasteiger partial charge in [-0.1, -0.05) is 42.5 Å². The maximum absolute atomic E-state index is 14.0. The lowest BCUT2D eigenvalue weighted by atomic mass is 9.94. The number of anilines is 2. The first-order valence-electron chi connectivity index (χ1n) is 13.2. The summed E-state index contributed by atoms with van der Waals surface area (Å²) in [7, 11) is 3.20. The molecule has 2 aliphatic rings. The maximum atomic E-state index is 14.0. The van der Waals surface area contributed by atoms with Gasteiger partial charge in [-0.05, 0) is 54.3 Å². The maximum Gasteiger partial charge on any atom is 0.326 e. The lowest BCUT2D eigenvalue weighted by Gasteiger charge is -2.28. The van der Waals surface area contributed by atoms with Crippen LogP contribution in [-0.4, -0.2) is 42.6 Å². The fourth-order valence-corrected chi connectivity index (χ4v) is 5.72. The van der Waals surface area contributed by atoms with E-state index >= 15 is 0 Å². The molecule has 8 heteroatoms.